The molecule has 1 aliphatic rings. The highest BCUT2D eigenvalue weighted by Gasteiger charge is 2.24. The standard InChI is InChI=1S/C22H37NO2/c1-16(2)13-22(18(5)17(3)4)25-15-20(24)14-23-12-8-10-19-9-6-7-11-21(19)23/h6-7,9,11,16-18,20,22,24H,8,10,12-15H2,1-5H3. The number of nitrogens with zero attached hydrogens (tertiary/aromatic N) is 1. The maximum atomic E-state index is 10.6. The molecule has 1 heterocycles. The minimum Gasteiger partial charge on any atom is -0.389 e. The summed E-state index contributed by atoms with van der Waals surface area (Å²) < 4.78 is 6.19. The Bertz CT molecular complexity index is 515. The van der Waals surface area contributed by atoms with Crippen LogP contribution in [0, 0.1) is 17.8 Å². The molecule has 1 N–H and O–H groups in total. The lowest BCUT2D eigenvalue weighted by molar-refractivity contribution is -0.0465. The number of β-amino-alcohol motifs (C(OH)–C–C–N with tert-alkyl or cyclic N) is 1. The highest BCUT2D eigenvalue weighted by Crippen LogP contribution is 2.27. The molecule has 0 spiro atoms. The zero-order valence-corrected chi connectivity index (χ0v) is 16.7. The molecular weight excluding hydrogens is 310 g/mol. The van der Waals surface area contributed by atoms with Crippen molar-refractivity contribution in [2.75, 3.05) is 24.6 Å². The number of anilines is 1. The van der Waals surface area contributed by atoms with Crippen molar-refractivity contribution in [1.29, 1.82) is 0 Å². The van der Waals surface area contributed by atoms with Gasteiger partial charge in [0.05, 0.1) is 18.8 Å². The van der Waals surface area contributed by atoms with E-state index in [-0.39, 0.29) is 6.10 Å². The smallest absolute Gasteiger partial charge is 0.0948 e. The third-order valence-electron chi connectivity index (χ3n) is 5.48. The van der Waals surface area contributed by atoms with E-state index < -0.39 is 6.10 Å². The summed E-state index contributed by atoms with van der Waals surface area (Å²) in [6.07, 6.45) is 3.13. The van der Waals surface area contributed by atoms with Crippen molar-refractivity contribution < 1.29 is 9.84 Å². The second-order valence-corrected chi connectivity index (χ2v) is 8.44. The average Bonchev–Trinajstić information content (AvgIpc) is 2.58. The fourth-order valence-electron chi connectivity index (χ4n) is 3.67. The van der Waals surface area contributed by atoms with E-state index in [9.17, 15) is 5.11 Å². The topological polar surface area (TPSA) is 32.7 Å². The molecule has 0 fully saturated rings. The van der Waals surface area contributed by atoms with Gasteiger partial charge in [0, 0.05) is 18.8 Å². The molecule has 0 saturated carbocycles. The van der Waals surface area contributed by atoms with E-state index in [0.717, 1.165) is 25.8 Å². The Labute approximate surface area is 154 Å². The van der Waals surface area contributed by atoms with Crippen molar-refractivity contribution in [1.82, 2.24) is 0 Å². The van der Waals surface area contributed by atoms with Gasteiger partial charge < -0.3 is 14.7 Å². The van der Waals surface area contributed by atoms with Gasteiger partial charge in [0.25, 0.3) is 0 Å². The van der Waals surface area contributed by atoms with Crippen LogP contribution in [0.15, 0.2) is 24.3 Å². The molecule has 0 aromatic heterocycles. The number of hydrogen-bond donors (Lipinski definition) is 1. The quantitative estimate of drug-likeness (QED) is 0.713. The van der Waals surface area contributed by atoms with E-state index in [1.807, 2.05) is 0 Å². The molecule has 142 valence electrons. The molecule has 0 bridgehead atoms. The van der Waals surface area contributed by atoms with Gasteiger partial charge in [0.2, 0.25) is 0 Å². The Balaban J connectivity index is 1.90. The van der Waals surface area contributed by atoms with Crippen LogP contribution >= 0.6 is 0 Å². The van der Waals surface area contributed by atoms with Gasteiger partial charge in [-0.15, -0.1) is 0 Å². The lowest BCUT2D eigenvalue weighted by Gasteiger charge is -2.34. The molecule has 3 unspecified atom stereocenters. The molecule has 3 nitrogen and oxygen atoms in total. The van der Waals surface area contributed by atoms with Gasteiger partial charge >= 0.3 is 0 Å². The maximum absolute atomic E-state index is 10.6. The molecule has 0 aliphatic carbocycles. The molecule has 0 radical (unpaired) electrons. The van der Waals surface area contributed by atoms with E-state index in [1.165, 1.54) is 11.3 Å². The molecule has 1 aliphatic heterocycles. The van der Waals surface area contributed by atoms with Gasteiger partial charge in [0.1, 0.15) is 0 Å². The number of ether oxygens (including phenoxy) is 1. The average molecular weight is 348 g/mol. The third-order valence-corrected chi connectivity index (χ3v) is 5.48. The number of aliphatic hydroxyl groups is 1. The van der Waals surface area contributed by atoms with Gasteiger partial charge in [-0.2, -0.15) is 0 Å². The van der Waals surface area contributed by atoms with Crippen LogP contribution in [-0.4, -0.2) is 37.0 Å². The number of hydrogen-bond acceptors (Lipinski definition) is 3. The van der Waals surface area contributed by atoms with Crippen molar-refractivity contribution in [3.05, 3.63) is 29.8 Å². The molecule has 3 atom stereocenters. The minimum atomic E-state index is -0.444. The zero-order valence-electron chi connectivity index (χ0n) is 16.7. The number of benzene rings is 1. The number of aliphatic hydroxyl groups excluding tert-OH is 1. The first kappa shape index (κ1) is 20.3. The maximum Gasteiger partial charge on any atom is 0.0948 e. The van der Waals surface area contributed by atoms with Gasteiger partial charge in [-0.3, -0.25) is 0 Å². The lowest BCUT2D eigenvalue weighted by atomic mass is 9.87. The number of aryl methyl sites for hydroxylation is 1. The second-order valence-electron chi connectivity index (χ2n) is 8.44. The normalized spacial score (nSPS) is 18.3. The van der Waals surface area contributed by atoms with Crippen LogP contribution in [0.1, 0.15) is 53.0 Å². The molecular formula is C22H37NO2. The van der Waals surface area contributed by atoms with E-state index in [2.05, 4.69) is 63.8 Å². The van der Waals surface area contributed by atoms with Gasteiger partial charge in [-0.05, 0) is 48.6 Å². The number of para-hydroxylation sites is 1. The van der Waals surface area contributed by atoms with E-state index in [0.29, 0.717) is 30.9 Å². The van der Waals surface area contributed by atoms with Crippen molar-refractivity contribution in [3.8, 4) is 0 Å². The Morgan fingerprint density at radius 1 is 1.12 bits per heavy atom. The van der Waals surface area contributed by atoms with E-state index in [4.69, 9.17) is 4.74 Å². The molecule has 3 heteroatoms. The molecule has 25 heavy (non-hydrogen) atoms. The number of rotatable bonds is 9. The fourth-order valence-corrected chi connectivity index (χ4v) is 3.67. The highest BCUT2D eigenvalue weighted by atomic mass is 16.5. The summed E-state index contributed by atoms with van der Waals surface area (Å²) in [7, 11) is 0. The fraction of sp³-hybridized carbons (Fsp3) is 0.727. The zero-order chi connectivity index (χ0) is 18.4. The van der Waals surface area contributed by atoms with Crippen LogP contribution in [0.25, 0.3) is 0 Å². The van der Waals surface area contributed by atoms with Crippen LogP contribution in [-0.2, 0) is 11.2 Å². The predicted octanol–water partition coefficient (Wildman–Crippen LogP) is 4.52. The molecule has 1 aromatic rings. The third kappa shape index (κ3) is 6.00. The van der Waals surface area contributed by atoms with Crippen LogP contribution in [0.2, 0.25) is 0 Å². The second kappa shape index (κ2) is 9.59. The predicted molar refractivity (Wildman–Crippen MR) is 106 cm³/mol. The van der Waals surface area contributed by atoms with Gasteiger partial charge in [-0.1, -0.05) is 52.8 Å². The van der Waals surface area contributed by atoms with Gasteiger partial charge in [0.15, 0.2) is 0 Å². The molecule has 1 aromatic carbocycles. The van der Waals surface area contributed by atoms with Crippen LogP contribution in [0.4, 0.5) is 5.69 Å². The highest BCUT2D eigenvalue weighted by molar-refractivity contribution is 5.55. The van der Waals surface area contributed by atoms with Crippen LogP contribution < -0.4 is 4.90 Å². The molecule has 0 saturated heterocycles. The minimum absolute atomic E-state index is 0.225. The number of fused-ring (bicyclic) bond motifs is 1. The summed E-state index contributed by atoms with van der Waals surface area (Å²) >= 11 is 0. The molecule has 2 rings (SSSR count). The summed E-state index contributed by atoms with van der Waals surface area (Å²) in [6, 6.07) is 8.56. The van der Waals surface area contributed by atoms with Crippen molar-refractivity contribution in [3.63, 3.8) is 0 Å². The van der Waals surface area contributed by atoms with Crippen molar-refractivity contribution in [2.45, 2.75) is 66.1 Å². The Kier molecular flexibility index (Phi) is 7.77. The Hall–Kier alpha value is -1.06. The summed E-state index contributed by atoms with van der Waals surface area (Å²) in [5, 5.41) is 10.6. The summed E-state index contributed by atoms with van der Waals surface area (Å²) in [5.74, 6) is 1.71. The largest absolute Gasteiger partial charge is 0.389 e. The summed E-state index contributed by atoms with van der Waals surface area (Å²) in [4.78, 5) is 2.32. The van der Waals surface area contributed by atoms with Crippen molar-refractivity contribution >= 4 is 5.69 Å². The summed E-state index contributed by atoms with van der Waals surface area (Å²) in [6.45, 7) is 13.4. The first-order valence-electron chi connectivity index (χ1n) is 10.0. The Morgan fingerprint density at radius 2 is 1.84 bits per heavy atom. The Morgan fingerprint density at radius 3 is 2.52 bits per heavy atom. The van der Waals surface area contributed by atoms with Crippen LogP contribution in [0.5, 0.6) is 0 Å². The van der Waals surface area contributed by atoms with Crippen molar-refractivity contribution in [2.24, 2.45) is 17.8 Å². The van der Waals surface area contributed by atoms with E-state index in [1.54, 1.807) is 0 Å². The van der Waals surface area contributed by atoms with E-state index >= 15 is 0 Å². The monoisotopic (exact) mass is 347 g/mol. The summed E-state index contributed by atoms with van der Waals surface area (Å²) in [5.41, 5.74) is 2.68. The first-order chi connectivity index (χ1) is 11.9. The SMILES string of the molecule is CC(C)CC(OCC(O)CN1CCCc2ccccc21)C(C)C(C)C. The first-order valence-corrected chi connectivity index (χ1v) is 10.0. The van der Waals surface area contributed by atoms with Crippen LogP contribution in [0.3, 0.4) is 0 Å². The van der Waals surface area contributed by atoms with Gasteiger partial charge in [-0.25, -0.2) is 0 Å². The lowest BCUT2D eigenvalue weighted by Crippen LogP contribution is -2.39. The molecule has 0 amide bonds.